The molecule has 0 bridgehead atoms. The number of piperazine rings is 1. The summed E-state index contributed by atoms with van der Waals surface area (Å²) in [6.07, 6.45) is 2.27. The van der Waals surface area contributed by atoms with Crippen LogP contribution in [-0.4, -0.2) is 57.6 Å². The molecule has 1 saturated heterocycles. The summed E-state index contributed by atoms with van der Waals surface area (Å²) in [5.74, 6) is -0.639. The van der Waals surface area contributed by atoms with Crippen LogP contribution < -0.4 is 0 Å². The molecule has 8 heteroatoms. The number of halogens is 2. The van der Waals surface area contributed by atoms with Crippen LogP contribution in [-0.2, 0) is 5.54 Å². The Bertz CT molecular complexity index is 986. The van der Waals surface area contributed by atoms with Gasteiger partial charge in [0.1, 0.15) is 5.82 Å². The highest BCUT2D eigenvalue weighted by molar-refractivity contribution is 6.31. The molecule has 1 aromatic heterocycles. The Morgan fingerprint density at radius 3 is 2.20 bits per heavy atom. The van der Waals surface area contributed by atoms with Crippen LogP contribution in [0.3, 0.4) is 0 Å². The third-order valence-electron chi connectivity index (χ3n) is 5.60. The van der Waals surface area contributed by atoms with Gasteiger partial charge in [0.05, 0.1) is 11.1 Å². The molecule has 0 radical (unpaired) electrons. The number of hydrogen-bond donors (Lipinski definition) is 0. The molecular weight excluding hydrogens is 407 g/mol. The Labute approximate surface area is 180 Å². The number of rotatable bonds is 3. The topological polar surface area (TPSA) is 58.4 Å². The summed E-state index contributed by atoms with van der Waals surface area (Å²) in [5.41, 5.74) is 1.34. The Morgan fingerprint density at radius 2 is 1.63 bits per heavy atom. The standard InChI is InChI=1S/C22H26ClFN4O2/c1-22(2,3)28-19(14-4-5-14)13-18(25-28)21(30)27-10-8-26(9-11-27)20(29)16-12-15(23)6-7-17(16)24/h6-7,12-14H,4-5,8-11H2,1-3H3. The molecule has 2 aliphatic rings. The lowest BCUT2D eigenvalue weighted by Gasteiger charge is -2.34. The quantitative estimate of drug-likeness (QED) is 0.738. The van der Waals surface area contributed by atoms with Crippen LogP contribution >= 0.6 is 11.6 Å². The highest BCUT2D eigenvalue weighted by atomic mass is 35.5. The normalized spacial score (nSPS) is 17.4. The smallest absolute Gasteiger partial charge is 0.274 e. The van der Waals surface area contributed by atoms with E-state index < -0.39 is 11.7 Å². The van der Waals surface area contributed by atoms with Gasteiger partial charge in [-0.25, -0.2) is 4.39 Å². The van der Waals surface area contributed by atoms with E-state index in [1.807, 2.05) is 10.7 Å². The van der Waals surface area contributed by atoms with Crippen molar-refractivity contribution in [3.8, 4) is 0 Å². The SMILES string of the molecule is CC(C)(C)n1nc(C(=O)N2CCN(C(=O)c3cc(Cl)ccc3F)CC2)cc1C1CC1. The monoisotopic (exact) mass is 432 g/mol. The minimum atomic E-state index is -0.594. The number of aromatic nitrogens is 2. The van der Waals surface area contributed by atoms with Crippen LogP contribution in [0.15, 0.2) is 24.3 Å². The van der Waals surface area contributed by atoms with Crippen molar-refractivity contribution < 1.29 is 14.0 Å². The summed E-state index contributed by atoms with van der Waals surface area (Å²) in [6.45, 7) is 7.69. The summed E-state index contributed by atoms with van der Waals surface area (Å²) in [7, 11) is 0. The van der Waals surface area contributed by atoms with Gasteiger partial charge in [-0.15, -0.1) is 0 Å². The van der Waals surface area contributed by atoms with Gasteiger partial charge in [-0.2, -0.15) is 5.10 Å². The van der Waals surface area contributed by atoms with E-state index >= 15 is 0 Å². The van der Waals surface area contributed by atoms with Crippen LogP contribution in [0, 0.1) is 5.82 Å². The van der Waals surface area contributed by atoms with E-state index in [1.165, 1.54) is 18.2 Å². The average molecular weight is 433 g/mol. The average Bonchev–Trinajstić information content (AvgIpc) is 3.45. The van der Waals surface area contributed by atoms with E-state index in [0.717, 1.165) is 18.5 Å². The minimum Gasteiger partial charge on any atom is -0.335 e. The van der Waals surface area contributed by atoms with Gasteiger partial charge in [0.2, 0.25) is 0 Å². The summed E-state index contributed by atoms with van der Waals surface area (Å²) >= 11 is 5.91. The summed E-state index contributed by atoms with van der Waals surface area (Å²) < 4.78 is 16.0. The van der Waals surface area contributed by atoms with Crippen LogP contribution in [0.4, 0.5) is 4.39 Å². The maximum Gasteiger partial charge on any atom is 0.274 e. The molecule has 0 N–H and O–H groups in total. The van der Waals surface area contributed by atoms with Gasteiger partial charge in [0.25, 0.3) is 11.8 Å². The van der Waals surface area contributed by atoms with Crippen LogP contribution in [0.2, 0.25) is 5.02 Å². The molecule has 0 spiro atoms. The lowest BCUT2D eigenvalue weighted by atomic mass is 10.1. The fourth-order valence-electron chi connectivity index (χ4n) is 3.81. The molecule has 6 nitrogen and oxygen atoms in total. The second kappa shape index (κ2) is 7.69. The van der Waals surface area contributed by atoms with Crippen molar-refractivity contribution in [2.45, 2.75) is 45.1 Å². The number of amides is 2. The fraction of sp³-hybridized carbons (Fsp3) is 0.500. The predicted octanol–water partition coefficient (Wildman–Crippen LogP) is 3.91. The van der Waals surface area contributed by atoms with Gasteiger partial charge in [0.15, 0.2) is 5.69 Å². The molecule has 2 heterocycles. The van der Waals surface area contributed by atoms with Gasteiger partial charge >= 0.3 is 0 Å². The third-order valence-corrected chi connectivity index (χ3v) is 5.84. The summed E-state index contributed by atoms with van der Waals surface area (Å²) in [5, 5.41) is 4.94. The van der Waals surface area contributed by atoms with Gasteiger partial charge in [0, 0.05) is 42.8 Å². The van der Waals surface area contributed by atoms with Crippen LogP contribution in [0.25, 0.3) is 0 Å². The molecule has 1 saturated carbocycles. The highest BCUT2D eigenvalue weighted by Crippen LogP contribution is 2.41. The molecule has 2 fully saturated rings. The first kappa shape index (κ1) is 20.8. The van der Waals surface area contributed by atoms with Gasteiger partial charge in [-0.1, -0.05) is 11.6 Å². The van der Waals surface area contributed by atoms with Crippen LogP contribution in [0.1, 0.15) is 66.1 Å². The lowest BCUT2D eigenvalue weighted by Crippen LogP contribution is -2.50. The van der Waals surface area contributed by atoms with Crippen molar-refractivity contribution in [1.29, 1.82) is 0 Å². The van der Waals surface area contributed by atoms with Gasteiger partial charge < -0.3 is 9.80 Å². The predicted molar refractivity (Wildman–Crippen MR) is 112 cm³/mol. The van der Waals surface area contributed by atoms with Crippen molar-refractivity contribution in [2.75, 3.05) is 26.2 Å². The van der Waals surface area contributed by atoms with E-state index in [4.69, 9.17) is 11.6 Å². The molecule has 160 valence electrons. The van der Waals surface area contributed by atoms with E-state index in [1.54, 1.807) is 9.80 Å². The summed E-state index contributed by atoms with van der Waals surface area (Å²) in [6, 6.07) is 5.87. The molecule has 0 atom stereocenters. The zero-order chi connectivity index (χ0) is 21.6. The maximum absolute atomic E-state index is 14.0. The van der Waals surface area contributed by atoms with Crippen molar-refractivity contribution in [1.82, 2.24) is 19.6 Å². The Balaban J connectivity index is 1.45. The molecule has 1 aromatic carbocycles. The molecule has 30 heavy (non-hydrogen) atoms. The zero-order valence-electron chi connectivity index (χ0n) is 17.5. The molecule has 1 aliphatic carbocycles. The first-order chi connectivity index (χ1) is 14.1. The van der Waals surface area contributed by atoms with Crippen molar-refractivity contribution >= 4 is 23.4 Å². The number of benzene rings is 1. The van der Waals surface area contributed by atoms with E-state index in [0.29, 0.717) is 42.8 Å². The van der Waals surface area contributed by atoms with Gasteiger partial charge in [-0.3, -0.25) is 14.3 Å². The number of carbonyl (C=O) groups excluding carboxylic acids is 2. The molecule has 2 amide bonds. The summed E-state index contributed by atoms with van der Waals surface area (Å²) in [4.78, 5) is 29.0. The largest absolute Gasteiger partial charge is 0.335 e. The zero-order valence-corrected chi connectivity index (χ0v) is 18.2. The lowest BCUT2D eigenvalue weighted by molar-refractivity contribution is 0.0528. The Hall–Kier alpha value is -2.41. The minimum absolute atomic E-state index is 0.0414. The number of hydrogen-bond acceptors (Lipinski definition) is 3. The van der Waals surface area contributed by atoms with E-state index in [2.05, 4.69) is 25.9 Å². The van der Waals surface area contributed by atoms with E-state index in [-0.39, 0.29) is 17.0 Å². The van der Waals surface area contributed by atoms with Crippen molar-refractivity contribution in [3.05, 3.63) is 52.1 Å². The molecule has 2 aromatic rings. The van der Waals surface area contributed by atoms with Crippen molar-refractivity contribution in [2.24, 2.45) is 0 Å². The number of carbonyl (C=O) groups is 2. The second-order valence-corrected chi connectivity index (χ2v) is 9.46. The maximum atomic E-state index is 14.0. The van der Waals surface area contributed by atoms with Gasteiger partial charge in [-0.05, 0) is 57.9 Å². The molecular formula is C22H26ClFN4O2. The first-order valence-corrected chi connectivity index (χ1v) is 10.7. The van der Waals surface area contributed by atoms with Crippen molar-refractivity contribution in [3.63, 3.8) is 0 Å². The Kier molecular flexibility index (Phi) is 5.34. The molecule has 1 aliphatic heterocycles. The fourth-order valence-corrected chi connectivity index (χ4v) is 3.99. The Morgan fingerprint density at radius 1 is 1.03 bits per heavy atom. The second-order valence-electron chi connectivity index (χ2n) is 9.02. The molecule has 4 rings (SSSR count). The van der Waals surface area contributed by atoms with Crippen LogP contribution in [0.5, 0.6) is 0 Å². The van der Waals surface area contributed by atoms with E-state index in [9.17, 15) is 14.0 Å². The third kappa shape index (κ3) is 4.08. The highest BCUT2D eigenvalue weighted by Gasteiger charge is 2.34. The molecule has 0 unspecified atom stereocenters. The number of nitrogens with zero attached hydrogens (tertiary/aromatic N) is 4. The first-order valence-electron chi connectivity index (χ1n) is 10.3.